The van der Waals surface area contributed by atoms with Crippen molar-refractivity contribution in [3.05, 3.63) is 40.4 Å². The van der Waals surface area contributed by atoms with Crippen molar-refractivity contribution in [2.45, 2.75) is 20.3 Å². The summed E-state index contributed by atoms with van der Waals surface area (Å²) in [5, 5.41) is 23.4. The SMILES string of the molecule is CCC(=O)Nc1cc(N(CC)CC(=O)OC)c(OC)cc1/N=N/c1snc2ccc([N+](=O)[O-])cc12. The summed E-state index contributed by atoms with van der Waals surface area (Å²) in [5.74, 6) is -0.264. The van der Waals surface area contributed by atoms with E-state index < -0.39 is 10.9 Å². The fourth-order valence-corrected chi connectivity index (χ4v) is 3.86. The second-order valence-electron chi connectivity index (χ2n) is 7.18. The van der Waals surface area contributed by atoms with Crippen LogP contribution in [-0.4, -0.2) is 48.5 Å². The highest BCUT2D eigenvalue weighted by Crippen LogP contribution is 2.41. The molecule has 0 fully saturated rings. The molecule has 0 aliphatic rings. The van der Waals surface area contributed by atoms with Gasteiger partial charge >= 0.3 is 5.97 Å². The normalized spacial score (nSPS) is 11.0. The minimum Gasteiger partial charge on any atom is -0.494 e. The Balaban J connectivity index is 2.08. The number of likely N-dealkylation sites (N-methyl/N-ethyl adjacent to an activating group) is 1. The molecule has 35 heavy (non-hydrogen) atoms. The van der Waals surface area contributed by atoms with Crippen LogP contribution in [0.4, 0.5) is 27.8 Å². The summed E-state index contributed by atoms with van der Waals surface area (Å²) in [7, 11) is 2.79. The number of methoxy groups -OCH3 is 2. The van der Waals surface area contributed by atoms with Crippen molar-refractivity contribution in [3.8, 4) is 5.75 Å². The zero-order chi connectivity index (χ0) is 25.5. The molecular weight excluding hydrogens is 476 g/mol. The van der Waals surface area contributed by atoms with Gasteiger partial charge in [-0.3, -0.25) is 19.7 Å². The molecule has 1 N–H and O–H groups in total. The third kappa shape index (κ3) is 5.87. The number of nitrogens with zero attached hydrogens (tertiary/aromatic N) is 5. The summed E-state index contributed by atoms with van der Waals surface area (Å²) in [6, 6.07) is 7.56. The van der Waals surface area contributed by atoms with E-state index in [1.807, 2.05) is 6.92 Å². The molecule has 1 aromatic heterocycles. The molecule has 12 nitrogen and oxygen atoms in total. The van der Waals surface area contributed by atoms with Crippen LogP contribution in [-0.2, 0) is 14.3 Å². The van der Waals surface area contributed by atoms with Gasteiger partial charge in [-0.2, -0.15) is 4.37 Å². The summed E-state index contributed by atoms with van der Waals surface area (Å²) in [4.78, 5) is 36.5. The van der Waals surface area contributed by atoms with Crippen LogP contribution in [0.5, 0.6) is 5.75 Å². The Bertz CT molecular complexity index is 1290. The lowest BCUT2D eigenvalue weighted by Crippen LogP contribution is -2.30. The predicted octanol–water partition coefficient (Wildman–Crippen LogP) is 4.98. The van der Waals surface area contributed by atoms with Gasteiger partial charge in [-0.15, -0.1) is 10.2 Å². The van der Waals surface area contributed by atoms with Crippen molar-refractivity contribution in [1.29, 1.82) is 0 Å². The summed E-state index contributed by atoms with van der Waals surface area (Å²) in [6.45, 7) is 4.04. The Kier molecular flexibility index (Phi) is 8.25. The van der Waals surface area contributed by atoms with E-state index in [4.69, 9.17) is 9.47 Å². The number of carbonyl (C=O) groups is 2. The summed E-state index contributed by atoms with van der Waals surface area (Å²) in [6.07, 6.45) is 0.237. The molecule has 3 aromatic rings. The van der Waals surface area contributed by atoms with Gasteiger partial charge in [0.1, 0.15) is 18.0 Å². The van der Waals surface area contributed by atoms with E-state index >= 15 is 0 Å². The Morgan fingerprint density at radius 1 is 1.20 bits per heavy atom. The van der Waals surface area contributed by atoms with Crippen LogP contribution in [0.3, 0.4) is 0 Å². The molecule has 0 atom stereocenters. The average molecular weight is 501 g/mol. The summed E-state index contributed by atoms with van der Waals surface area (Å²) >= 11 is 1.05. The van der Waals surface area contributed by atoms with E-state index in [1.54, 1.807) is 30.0 Å². The van der Waals surface area contributed by atoms with E-state index in [0.717, 1.165) is 11.5 Å². The molecule has 2 aromatic carbocycles. The zero-order valence-corrected chi connectivity index (χ0v) is 20.4. The number of non-ortho nitro benzene ring substituents is 1. The second-order valence-corrected chi connectivity index (χ2v) is 7.93. The van der Waals surface area contributed by atoms with Crippen LogP contribution in [0.1, 0.15) is 20.3 Å². The van der Waals surface area contributed by atoms with Crippen molar-refractivity contribution in [1.82, 2.24) is 4.37 Å². The van der Waals surface area contributed by atoms with Crippen LogP contribution < -0.4 is 15.0 Å². The van der Waals surface area contributed by atoms with Gasteiger partial charge in [-0.25, -0.2) is 0 Å². The molecule has 3 rings (SSSR count). The van der Waals surface area contributed by atoms with Gasteiger partial charge < -0.3 is 19.7 Å². The van der Waals surface area contributed by atoms with Crippen molar-refractivity contribution < 1.29 is 24.0 Å². The first-order chi connectivity index (χ1) is 16.8. The van der Waals surface area contributed by atoms with Gasteiger partial charge in [-0.05, 0) is 30.6 Å². The minimum atomic E-state index is -0.492. The topological polar surface area (TPSA) is 149 Å². The minimum absolute atomic E-state index is 0.0168. The summed E-state index contributed by atoms with van der Waals surface area (Å²) in [5.41, 5.74) is 1.70. The van der Waals surface area contributed by atoms with E-state index in [0.29, 0.717) is 45.3 Å². The predicted molar refractivity (Wildman–Crippen MR) is 132 cm³/mol. The number of nitro groups is 1. The monoisotopic (exact) mass is 500 g/mol. The Labute approximate surface area is 204 Å². The van der Waals surface area contributed by atoms with Gasteiger partial charge in [0.25, 0.3) is 5.69 Å². The molecule has 1 amide bonds. The number of esters is 1. The number of ether oxygens (including phenoxy) is 2. The summed E-state index contributed by atoms with van der Waals surface area (Å²) < 4.78 is 14.6. The largest absolute Gasteiger partial charge is 0.494 e. The van der Waals surface area contributed by atoms with Gasteiger partial charge in [-0.1, -0.05) is 6.92 Å². The highest BCUT2D eigenvalue weighted by molar-refractivity contribution is 7.11. The quantitative estimate of drug-likeness (QED) is 0.177. The van der Waals surface area contributed by atoms with Gasteiger partial charge in [0, 0.05) is 36.6 Å². The first-order valence-electron chi connectivity index (χ1n) is 10.6. The average Bonchev–Trinajstić information content (AvgIpc) is 3.28. The standard InChI is InChI=1S/C22H24N6O6S/c1-5-20(29)23-16-10-18(27(6-2)12-21(30)34-4)19(33-3)11-17(16)24-25-22-14-9-13(28(31)32)7-8-15(14)26-35-22/h7-11H,5-6,12H2,1-4H3,(H,23,29)/b25-24+. The number of hydrogen-bond acceptors (Lipinski definition) is 11. The van der Waals surface area contributed by atoms with Crippen LogP contribution in [0.2, 0.25) is 0 Å². The maximum atomic E-state index is 12.2. The first-order valence-corrected chi connectivity index (χ1v) is 11.4. The van der Waals surface area contributed by atoms with Crippen LogP contribution >= 0.6 is 11.5 Å². The van der Waals surface area contributed by atoms with Gasteiger partial charge in [0.15, 0.2) is 5.00 Å². The highest BCUT2D eigenvalue weighted by Gasteiger charge is 2.19. The van der Waals surface area contributed by atoms with Crippen molar-refractivity contribution in [2.24, 2.45) is 10.2 Å². The molecule has 0 saturated carbocycles. The lowest BCUT2D eigenvalue weighted by Gasteiger charge is -2.25. The number of fused-ring (bicyclic) bond motifs is 1. The number of rotatable bonds is 10. The molecule has 0 saturated heterocycles. The number of carbonyl (C=O) groups excluding carboxylic acids is 2. The molecular formula is C22H24N6O6S. The van der Waals surface area contributed by atoms with Crippen molar-refractivity contribution in [2.75, 3.05) is 37.5 Å². The third-order valence-corrected chi connectivity index (χ3v) is 5.83. The molecule has 0 aliphatic carbocycles. The van der Waals surface area contributed by atoms with E-state index in [9.17, 15) is 19.7 Å². The number of amides is 1. The maximum Gasteiger partial charge on any atom is 0.325 e. The van der Waals surface area contributed by atoms with Crippen LogP contribution in [0.15, 0.2) is 40.6 Å². The molecule has 0 aliphatic heterocycles. The van der Waals surface area contributed by atoms with Gasteiger partial charge in [0.2, 0.25) is 5.91 Å². The number of nitro benzene ring substituents is 1. The molecule has 184 valence electrons. The number of anilines is 2. The Morgan fingerprint density at radius 2 is 1.97 bits per heavy atom. The number of aromatic nitrogens is 1. The van der Waals surface area contributed by atoms with Crippen molar-refractivity contribution >= 4 is 62.1 Å². The fourth-order valence-electron chi connectivity index (χ4n) is 3.18. The van der Waals surface area contributed by atoms with Crippen LogP contribution in [0, 0.1) is 10.1 Å². The van der Waals surface area contributed by atoms with Crippen molar-refractivity contribution in [3.63, 3.8) is 0 Å². The molecule has 1 heterocycles. The molecule has 13 heteroatoms. The number of hydrogen-bond donors (Lipinski definition) is 1. The Hall–Kier alpha value is -4.13. The lowest BCUT2D eigenvalue weighted by atomic mass is 10.2. The highest BCUT2D eigenvalue weighted by atomic mass is 32.1. The van der Waals surface area contributed by atoms with Crippen LogP contribution in [0.25, 0.3) is 10.9 Å². The number of nitrogens with one attached hydrogen (secondary N) is 1. The fraction of sp³-hybridized carbons (Fsp3) is 0.318. The molecule has 0 bridgehead atoms. The third-order valence-electron chi connectivity index (χ3n) is 5.06. The van der Waals surface area contributed by atoms with E-state index in [2.05, 4.69) is 19.9 Å². The zero-order valence-electron chi connectivity index (χ0n) is 19.6. The Morgan fingerprint density at radius 3 is 2.60 bits per heavy atom. The maximum absolute atomic E-state index is 12.2. The van der Waals surface area contributed by atoms with E-state index in [1.165, 1.54) is 26.4 Å². The molecule has 0 spiro atoms. The van der Waals surface area contributed by atoms with E-state index in [-0.39, 0.29) is 24.6 Å². The lowest BCUT2D eigenvalue weighted by molar-refractivity contribution is -0.384. The molecule has 0 radical (unpaired) electrons. The second kappa shape index (κ2) is 11.3. The smallest absolute Gasteiger partial charge is 0.325 e. The molecule has 0 unspecified atom stereocenters. The first kappa shape index (κ1) is 25.5. The number of azo groups is 1. The van der Waals surface area contributed by atoms with Gasteiger partial charge in [0.05, 0.1) is 36.0 Å². The number of benzene rings is 2.